The molecule has 0 bridgehead atoms. The standard InChI is InChI=1S/C22H34N6O3.HI/c1-6-18-27-19(31-28-18)17-10-8-16(9-11-17)12-13-24-20(23-7-2)25-14-15-26-21(29)30-22(3,4)5;/h8-11H,6-7,12-15H2,1-5H3,(H,26,29)(H2,23,24,25);1H. The molecular weight excluding hydrogens is 523 g/mol. The Kier molecular flexibility index (Phi) is 12.0. The number of alkyl carbamates (subject to hydrolysis) is 1. The molecule has 10 heteroatoms. The maximum atomic E-state index is 11.7. The van der Waals surface area contributed by atoms with E-state index in [0.29, 0.717) is 37.3 Å². The summed E-state index contributed by atoms with van der Waals surface area (Å²) in [4.78, 5) is 20.6. The third-order valence-electron chi connectivity index (χ3n) is 4.09. The fourth-order valence-electron chi connectivity index (χ4n) is 2.63. The molecule has 0 fully saturated rings. The summed E-state index contributed by atoms with van der Waals surface area (Å²) in [7, 11) is 0. The number of ether oxygens (including phenoxy) is 1. The molecule has 1 aromatic heterocycles. The molecule has 32 heavy (non-hydrogen) atoms. The summed E-state index contributed by atoms with van der Waals surface area (Å²) >= 11 is 0. The number of aliphatic imine (C=N–C) groups is 1. The second-order valence-corrected chi connectivity index (χ2v) is 7.93. The minimum atomic E-state index is -0.504. The van der Waals surface area contributed by atoms with E-state index in [2.05, 4.69) is 31.1 Å². The van der Waals surface area contributed by atoms with Crippen LogP contribution in [-0.4, -0.2) is 54.0 Å². The molecule has 0 unspecified atom stereocenters. The molecule has 0 saturated heterocycles. The van der Waals surface area contributed by atoms with E-state index in [1.807, 2.05) is 58.9 Å². The summed E-state index contributed by atoms with van der Waals surface area (Å²) in [5.41, 5.74) is 1.58. The van der Waals surface area contributed by atoms with E-state index < -0.39 is 11.7 Å². The Bertz CT molecular complexity index is 846. The third kappa shape index (κ3) is 10.3. The van der Waals surface area contributed by atoms with Gasteiger partial charge in [-0.3, -0.25) is 4.99 Å². The Morgan fingerprint density at radius 2 is 1.78 bits per heavy atom. The van der Waals surface area contributed by atoms with Crippen molar-refractivity contribution in [1.29, 1.82) is 0 Å². The number of aryl methyl sites for hydroxylation is 1. The number of halogens is 1. The van der Waals surface area contributed by atoms with Crippen LogP contribution in [0.25, 0.3) is 11.5 Å². The molecule has 1 aromatic carbocycles. The van der Waals surface area contributed by atoms with Gasteiger partial charge in [0, 0.05) is 38.2 Å². The third-order valence-corrected chi connectivity index (χ3v) is 4.09. The quantitative estimate of drug-likeness (QED) is 0.187. The highest BCUT2D eigenvalue weighted by Gasteiger charge is 2.15. The van der Waals surface area contributed by atoms with Crippen LogP contribution in [0.3, 0.4) is 0 Å². The van der Waals surface area contributed by atoms with Gasteiger partial charge < -0.3 is 25.2 Å². The van der Waals surface area contributed by atoms with Gasteiger partial charge in [0.05, 0.1) is 0 Å². The highest BCUT2D eigenvalue weighted by atomic mass is 127. The van der Waals surface area contributed by atoms with E-state index in [1.54, 1.807) is 0 Å². The van der Waals surface area contributed by atoms with Crippen LogP contribution >= 0.6 is 24.0 Å². The van der Waals surface area contributed by atoms with Crippen LogP contribution in [0.15, 0.2) is 33.8 Å². The molecule has 0 spiro atoms. The second kappa shape index (κ2) is 13.9. The minimum absolute atomic E-state index is 0. The zero-order chi connectivity index (χ0) is 22.7. The lowest BCUT2D eigenvalue weighted by Gasteiger charge is -2.19. The van der Waals surface area contributed by atoms with Crippen molar-refractivity contribution in [3.63, 3.8) is 0 Å². The zero-order valence-electron chi connectivity index (χ0n) is 19.5. The lowest BCUT2D eigenvalue weighted by molar-refractivity contribution is 0.0529. The van der Waals surface area contributed by atoms with Crippen molar-refractivity contribution in [2.24, 2.45) is 4.99 Å². The first-order valence-corrected chi connectivity index (χ1v) is 10.7. The van der Waals surface area contributed by atoms with Gasteiger partial charge in [0.25, 0.3) is 5.89 Å². The SMILES string of the molecule is CCNC(=NCCc1ccc(-c2nc(CC)no2)cc1)NCCNC(=O)OC(C)(C)C.I. The molecule has 2 aromatic rings. The summed E-state index contributed by atoms with van der Waals surface area (Å²) in [5.74, 6) is 1.96. The van der Waals surface area contributed by atoms with E-state index >= 15 is 0 Å². The maximum Gasteiger partial charge on any atom is 0.407 e. The molecule has 0 radical (unpaired) electrons. The first kappa shape index (κ1) is 27.7. The average molecular weight is 558 g/mol. The van der Waals surface area contributed by atoms with E-state index in [-0.39, 0.29) is 24.0 Å². The number of amides is 1. The number of carbonyl (C=O) groups is 1. The van der Waals surface area contributed by atoms with Gasteiger partial charge in [0.2, 0.25) is 0 Å². The highest BCUT2D eigenvalue weighted by Crippen LogP contribution is 2.18. The summed E-state index contributed by atoms with van der Waals surface area (Å²) in [6.45, 7) is 11.9. The average Bonchev–Trinajstić information content (AvgIpc) is 3.19. The molecule has 0 aliphatic heterocycles. The number of nitrogens with zero attached hydrogens (tertiary/aromatic N) is 3. The number of benzene rings is 1. The number of carbonyl (C=O) groups excluding carboxylic acids is 1. The van der Waals surface area contributed by atoms with Crippen LogP contribution in [-0.2, 0) is 17.6 Å². The van der Waals surface area contributed by atoms with Gasteiger partial charge in [-0.05, 0) is 51.8 Å². The maximum absolute atomic E-state index is 11.7. The molecule has 178 valence electrons. The summed E-state index contributed by atoms with van der Waals surface area (Å²) in [6, 6.07) is 8.06. The summed E-state index contributed by atoms with van der Waals surface area (Å²) in [6.07, 6.45) is 1.13. The van der Waals surface area contributed by atoms with Gasteiger partial charge >= 0.3 is 6.09 Å². The highest BCUT2D eigenvalue weighted by molar-refractivity contribution is 14.0. The monoisotopic (exact) mass is 558 g/mol. The topological polar surface area (TPSA) is 114 Å². The molecule has 0 atom stereocenters. The summed E-state index contributed by atoms with van der Waals surface area (Å²) < 4.78 is 10.5. The molecule has 2 rings (SSSR count). The van der Waals surface area contributed by atoms with E-state index in [9.17, 15) is 4.79 Å². The smallest absolute Gasteiger partial charge is 0.407 e. The molecule has 0 saturated carbocycles. The Labute approximate surface area is 207 Å². The van der Waals surface area contributed by atoms with E-state index in [4.69, 9.17) is 9.26 Å². The number of nitrogens with one attached hydrogen (secondary N) is 3. The van der Waals surface area contributed by atoms with Crippen molar-refractivity contribution in [3.8, 4) is 11.5 Å². The molecular formula is C22H35IN6O3. The van der Waals surface area contributed by atoms with Crippen LogP contribution in [0, 0.1) is 0 Å². The van der Waals surface area contributed by atoms with Crippen LogP contribution in [0.5, 0.6) is 0 Å². The van der Waals surface area contributed by atoms with Gasteiger partial charge in [0.15, 0.2) is 11.8 Å². The van der Waals surface area contributed by atoms with Crippen molar-refractivity contribution >= 4 is 36.0 Å². The normalized spacial score (nSPS) is 11.5. The molecule has 3 N–H and O–H groups in total. The number of guanidine groups is 1. The molecule has 9 nitrogen and oxygen atoms in total. The van der Waals surface area contributed by atoms with Crippen LogP contribution in [0.4, 0.5) is 4.79 Å². The summed E-state index contributed by atoms with van der Waals surface area (Å²) in [5, 5.41) is 13.1. The Morgan fingerprint density at radius 3 is 2.38 bits per heavy atom. The van der Waals surface area contributed by atoms with Crippen LogP contribution < -0.4 is 16.0 Å². The van der Waals surface area contributed by atoms with E-state index in [1.165, 1.54) is 5.56 Å². The van der Waals surface area contributed by atoms with Gasteiger partial charge in [0.1, 0.15) is 5.60 Å². The molecule has 1 amide bonds. The first-order chi connectivity index (χ1) is 14.8. The van der Waals surface area contributed by atoms with Crippen LogP contribution in [0.2, 0.25) is 0 Å². The fraction of sp³-hybridized carbons (Fsp3) is 0.545. The van der Waals surface area contributed by atoms with Crippen molar-refractivity contribution < 1.29 is 14.1 Å². The van der Waals surface area contributed by atoms with E-state index in [0.717, 1.165) is 24.9 Å². The fourth-order valence-corrected chi connectivity index (χ4v) is 2.63. The van der Waals surface area contributed by atoms with Crippen molar-refractivity contribution in [2.75, 3.05) is 26.2 Å². The number of rotatable bonds is 9. The van der Waals surface area contributed by atoms with Crippen LogP contribution in [0.1, 0.15) is 46.0 Å². The lowest BCUT2D eigenvalue weighted by atomic mass is 10.1. The van der Waals surface area contributed by atoms with Gasteiger partial charge in [-0.2, -0.15) is 4.98 Å². The lowest BCUT2D eigenvalue weighted by Crippen LogP contribution is -2.42. The van der Waals surface area contributed by atoms with Gasteiger partial charge in [-0.15, -0.1) is 24.0 Å². The minimum Gasteiger partial charge on any atom is -0.444 e. The Morgan fingerprint density at radius 1 is 1.09 bits per heavy atom. The van der Waals surface area contributed by atoms with Crippen molar-refractivity contribution in [2.45, 2.75) is 53.1 Å². The number of aromatic nitrogens is 2. The molecule has 1 heterocycles. The van der Waals surface area contributed by atoms with Crippen molar-refractivity contribution in [1.82, 2.24) is 26.1 Å². The number of hydrogen-bond acceptors (Lipinski definition) is 6. The zero-order valence-corrected chi connectivity index (χ0v) is 21.9. The Hall–Kier alpha value is -2.37. The van der Waals surface area contributed by atoms with Gasteiger partial charge in [-0.25, -0.2) is 4.79 Å². The molecule has 0 aliphatic rings. The van der Waals surface area contributed by atoms with Gasteiger partial charge in [-0.1, -0.05) is 24.2 Å². The first-order valence-electron chi connectivity index (χ1n) is 10.7. The predicted molar refractivity (Wildman–Crippen MR) is 136 cm³/mol. The predicted octanol–water partition coefficient (Wildman–Crippen LogP) is 3.54. The molecule has 0 aliphatic carbocycles. The Balaban J connectivity index is 0.00000512. The second-order valence-electron chi connectivity index (χ2n) is 7.93. The van der Waals surface area contributed by atoms with Crippen molar-refractivity contribution in [3.05, 3.63) is 35.7 Å². The number of hydrogen-bond donors (Lipinski definition) is 3. The largest absolute Gasteiger partial charge is 0.444 e.